The van der Waals surface area contributed by atoms with Crippen molar-refractivity contribution in [1.29, 1.82) is 0 Å². The minimum atomic E-state index is -0.156. The highest BCUT2D eigenvalue weighted by molar-refractivity contribution is 5.98. The van der Waals surface area contributed by atoms with Crippen LogP contribution in [0.2, 0.25) is 0 Å². The molecule has 4 rings (SSSR count). The van der Waals surface area contributed by atoms with Crippen molar-refractivity contribution in [2.45, 2.75) is 6.54 Å². The molecule has 4 aromatic heterocycles. The molecule has 0 spiro atoms. The monoisotopic (exact) mass is 332 g/mol. The number of carbonyl (C=O) groups is 1. The van der Waals surface area contributed by atoms with E-state index >= 15 is 0 Å². The van der Waals surface area contributed by atoms with Gasteiger partial charge in [-0.25, -0.2) is 4.98 Å². The maximum absolute atomic E-state index is 12.5. The molecule has 0 saturated carbocycles. The summed E-state index contributed by atoms with van der Waals surface area (Å²) in [6.45, 7) is 0.384. The van der Waals surface area contributed by atoms with Gasteiger partial charge in [0.2, 0.25) is 0 Å². The van der Waals surface area contributed by atoms with Crippen LogP contribution in [0.1, 0.15) is 16.2 Å². The van der Waals surface area contributed by atoms with Gasteiger partial charge in [0, 0.05) is 30.4 Å². The Kier molecular flexibility index (Phi) is 3.74. The minimum Gasteiger partial charge on any atom is -0.345 e. The number of amides is 1. The number of nitrogens with zero attached hydrogens (tertiary/aromatic N) is 4. The molecule has 0 aliphatic heterocycles. The van der Waals surface area contributed by atoms with Gasteiger partial charge in [0.1, 0.15) is 11.3 Å². The first-order valence-electron chi connectivity index (χ1n) is 7.86. The van der Waals surface area contributed by atoms with Gasteiger partial charge in [-0.1, -0.05) is 6.07 Å². The van der Waals surface area contributed by atoms with E-state index in [1.54, 1.807) is 23.2 Å². The van der Waals surface area contributed by atoms with Gasteiger partial charge in [0.15, 0.2) is 0 Å². The molecule has 0 atom stereocenters. The van der Waals surface area contributed by atoms with E-state index < -0.39 is 0 Å². The molecule has 0 aliphatic rings. The fourth-order valence-electron chi connectivity index (χ4n) is 2.73. The maximum Gasteiger partial charge on any atom is 0.268 e. The molecule has 0 saturated heterocycles. The molecule has 0 fully saturated rings. The Balaban J connectivity index is 1.61. The number of hydrogen-bond acceptors (Lipinski definition) is 4. The van der Waals surface area contributed by atoms with Crippen molar-refractivity contribution in [2.75, 3.05) is 0 Å². The molecular formula is C18H16N6O. The highest BCUT2D eigenvalue weighted by Crippen LogP contribution is 2.22. The number of H-pyrrole nitrogens is 1. The zero-order valence-electron chi connectivity index (χ0n) is 13.6. The fraction of sp³-hybridized carbons (Fsp3) is 0.111. The number of aryl methyl sites for hydroxylation is 1. The summed E-state index contributed by atoms with van der Waals surface area (Å²) in [7, 11) is 1.84. The second-order valence-electron chi connectivity index (χ2n) is 5.69. The summed E-state index contributed by atoms with van der Waals surface area (Å²) in [6, 6.07) is 11.3. The minimum absolute atomic E-state index is 0.156. The van der Waals surface area contributed by atoms with Crippen molar-refractivity contribution in [1.82, 2.24) is 30.0 Å². The van der Waals surface area contributed by atoms with Gasteiger partial charge >= 0.3 is 0 Å². The Morgan fingerprint density at radius 2 is 2.20 bits per heavy atom. The van der Waals surface area contributed by atoms with E-state index in [1.807, 2.05) is 43.4 Å². The zero-order valence-corrected chi connectivity index (χ0v) is 13.6. The van der Waals surface area contributed by atoms with Gasteiger partial charge in [-0.2, -0.15) is 5.10 Å². The highest BCUT2D eigenvalue weighted by Gasteiger charge is 2.15. The summed E-state index contributed by atoms with van der Waals surface area (Å²) < 4.78 is 1.80. The van der Waals surface area contributed by atoms with Crippen LogP contribution < -0.4 is 5.32 Å². The van der Waals surface area contributed by atoms with Crippen molar-refractivity contribution in [3.05, 3.63) is 66.4 Å². The zero-order chi connectivity index (χ0) is 17.2. The third-order valence-electron chi connectivity index (χ3n) is 4.06. The lowest BCUT2D eigenvalue weighted by molar-refractivity contribution is 0.0942. The summed E-state index contributed by atoms with van der Waals surface area (Å²) in [4.78, 5) is 21.4. The Hall–Kier alpha value is -3.48. The molecule has 124 valence electrons. The number of nitrogens with one attached hydrogen (secondary N) is 2. The van der Waals surface area contributed by atoms with Gasteiger partial charge in [-0.3, -0.25) is 14.9 Å². The largest absolute Gasteiger partial charge is 0.345 e. The van der Waals surface area contributed by atoms with E-state index in [0.717, 1.165) is 28.0 Å². The van der Waals surface area contributed by atoms with Gasteiger partial charge in [0.05, 0.1) is 24.1 Å². The average Bonchev–Trinajstić information content (AvgIpc) is 3.29. The normalized spacial score (nSPS) is 10.9. The van der Waals surface area contributed by atoms with Gasteiger partial charge in [0.25, 0.3) is 5.91 Å². The predicted octanol–water partition coefficient (Wildman–Crippen LogP) is 2.29. The summed E-state index contributed by atoms with van der Waals surface area (Å²) in [5.41, 5.74) is 3.84. The number of hydrogen-bond donors (Lipinski definition) is 2. The van der Waals surface area contributed by atoms with Crippen LogP contribution in [0.3, 0.4) is 0 Å². The van der Waals surface area contributed by atoms with Crippen LogP contribution in [0.5, 0.6) is 0 Å². The molecule has 0 aliphatic carbocycles. The number of aromatic amines is 1. The van der Waals surface area contributed by atoms with Crippen LogP contribution in [-0.4, -0.2) is 30.6 Å². The molecule has 0 bridgehead atoms. The molecule has 0 unspecified atom stereocenters. The maximum atomic E-state index is 12.5. The Bertz CT molecular complexity index is 1020. The van der Waals surface area contributed by atoms with Gasteiger partial charge in [-0.05, 0) is 30.3 Å². The van der Waals surface area contributed by atoms with Crippen molar-refractivity contribution in [3.63, 3.8) is 0 Å². The number of pyridine rings is 2. The molecule has 7 heteroatoms. The summed E-state index contributed by atoms with van der Waals surface area (Å²) in [5, 5.41) is 10.5. The highest BCUT2D eigenvalue weighted by atomic mass is 16.1. The Labute approximate surface area is 143 Å². The number of fused-ring (bicyclic) bond motifs is 1. The fourth-order valence-corrected chi connectivity index (χ4v) is 2.73. The predicted molar refractivity (Wildman–Crippen MR) is 93.7 cm³/mol. The van der Waals surface area contributed by atoms with E-state index in [9.17, 15) is 4.79 Å². The molecule has 1 amide bonds. The lowest BCUT2D eigenvalue weighted by atomic mass is 10.2. The average molecular weight is 332 g/mol. The summed E-state index contributed by atoms with van der Waals surface area (Å²) >= 11 is 0. The second kappa shape index (κ2) is 6.20. The van der Waals surface area contributed by atoms with Crippen LogP contribution >= 0.6 is 0 Å². The Morgan fingerprint density at radius 3 is 2.96 bits per heavy atom. The summed E-state index contributed by atoms with van der Waals surface area (Å²) in [6.07, 6.45) is 5.22. The van der Waals surface area contributed by atoms with E-state index in [-0.39, 0.29) is 5.91 Å². The second-order valence-corrected chi connectivity index (χ2v) is 5.69. The number of aromatic nitrogens is 5. The quantitative estimate of drug-likeness (QED) is 0.600. The number of rotatable bonds is 4. The van der Waals surface area contributed by atoms with Gasteiger partial charge in [-0.15, -0.1) is 0 Å². The van der Waals surface area contributed by atoms with Crippen molar-refractivity contribution < 1.29 is 4.79 Å². The lowest BCUT2D eigenvalue weighted by Crippen LogP contribution is -2.25. The van der Waals surface area contributed by atoms with Crippen LogP contribution in [0.4, 0.5) is 0 Å². The van der Waals surface area contributed by atoms with E-state index in [4.69, 9.17) is 0 Å². The molecule has 0 aromatic carbocycles. The topological polar surface area (TPSA) is 88.5 Å². The Morgan fingerprint density at radius 1 is 1.28 bits per heavy atom. The first-order chi connectivity index (χ1) is 12.2. The molecule has 7 nitrogen and oxygen atoms in total. The van der Waals surface area contributed by atoms with Crippen LogP contribution in [0.25, 0.3) is 22.3 Å². The van der Waals surface area contributed by atoms with Crippen LogP contribution in [0, 0.1) is 0 Å². The SMILES string of the molecule is Cn1c(C(=O)NCc2ccccn2)cc2ccc(-c3cn[nH]c3)nc21. The van der Waals surface area contributed by atoms with E-state index in [1.165, 1.54) is 0 Å². The lowest BCUT2D eigenvalue weighted by Gasteiger charge is -2.06. The molecule has 2 N–H and O–H groups in total. The van der Waals surface area contributed by atoms with Crippen LogP contribution in [0.15, 0.2) is 55.0 Å². The first kappa shape index (κ1) is 15.1. The van der Waals surface area contributed by atoms with Crippen LogP contribution in [-0.2, 0) is 13.6 Å². The molecule has 4 heterocycles. The van der Waals surface area contributed by atoms with Crippen molar-refractivity contribution >= 4 is 16.9 Å². The van der Waals surface area contributed by atoms with Gasteiger partial charge < -0.3 is 9.88 Å². The van der Waals surface area contributed by atoms with Crippen molar-refractivity contribution in [3.8, 4) is 11.3 Å². The van der Waals surface area contributed by atoms with E-state index in [2.05, 4.69) is 25.5 Å². The molecule has 25 heavy (non-hydrogen) atoms. The standard InChI is InChI=1S/C18H16N6O/c1-24-16(18(25)20-11-14-4-2-3-7-19-14)8-12-5-6-15(23-17(12)24)13-9-21-22-10-13/h2-10H,11H2,1H3,(H,20,25)(H,21,22). The molecule has 0 radical (unpaired) electrons. The van der Waals surface area contributed by atoms with Crippen molar-refractivity contribution in [2.24, 2.45) is 7.05 Å². The third kappa shape index (κ3) is 2.87. The first-order valence-corrected chi connectivity index (χ1v) is 7.86. The summed E-state index contributed by atoms with van der Waals surface area (Å²) in [5.74, 6) is -0.156. The molecule has 4 aromatic rings. The third-order valence-corrected chi connectivity index (χ3v) is 4.06. The smallest absolute Gasteiger partial charge is 0.268 e. The molecular weight excluding hydrogens is 316 g/mol. The van der Waals surface area contributed by atoms with E-state index in [0.29, 0.717) is 12.2 Å². The number of carbonyl (C=O) groups excluding carboxylic acids is 1.